The molecule has 4 nitrogen and oxygen atoms in total. The van der Waals surface area contributed by atoms with Gasteiger partial charge in [-0.1, -0.05) is 0 Å². The molecule has 4 heteroatoms. The number of hydrogen-bond acceptors (Lipinski definition) is 3. The lowest BCUT2D eigenvalue weighted by atomic mass is 10.6. The second-order valence-electron chi connectivity index (χ2n) is 1.55. The lowest BCUT2D eigenvalue weighted by Gasteiger charge is -1.97. The van der Waals surface area contributed by atoms with E-state index in [4.69, 9.17) is 0 Å². The van der Waals surface area contributed by atoms with Crippen molar-refractivity contribution in [2.45, 2.75) is 0 Å². The van der Waals surface area contributed by atoms with E-state index in [0.717, 1.165) is 0 Å². The fourth-order valence-corrected chi connectivity index (χ4v) is 0.504. The van der Waals surface area contributed by atoms with E-state index in [0.29, 0.717) is 5.96 Å². The van der Waals surface area contributed by atoms with Crippen LogP contribution in [0.4, 0.5) is 0 Å². The number of guanidine groups is 1. The normalized spacial score (nSPS) is 15.0. The fraction of sp³-hybridized carbons (Fsp3) is 0. The highest BCUT2D eigenvalue weighted by atomic mass is 16.1. The second kappa shape index (κ2) is 3.45. The maximum absolute atomic E-state index is 9.78. The number of nitrogens with zero attached hydrogens (tertiary/aromatic N) is 1. The molecule has 0 unspecified atom stereocenters. The van der Waals surface area contributed by atoms with Gasteiger partial charge in [0.2, 0.25) is 5.96 Å². The van der Waals surface area contributed by atoms with E-state index in [2.05, 4.69) is 15.6 Å². The molecule has 0 bridgehead atoms. The van der Waals surface area contributed by atoms with Crippen LogP contribution in [0.3, 0.4) is 0 Å². The number of hydrogen-bond donors (Lipinski definition) is 2. The maximum atomic E-state index is 9.78. The van der Waals surface area contributed by atoms with Crippen molar-refractivity contribution in [1.82, 2.24) is 10.6 Å². The molecule has 2 N–H and O–H groups in total. The lowest BCUT2D eigenvalue weighted by Crippen LogP contribution is -2.32. The van der Waals surface area contributed by atoms with Gasteiger partial charge in [-0.25, -0.2) is 4.99 Å². The summed E-state index contributed by atoms with van der Waals surface area (Å²) in [5.41, 5.74) is 0. The summed E-state index contributed by atoms with van der Waals surface area (Å²) in [4.78, 5) is 13.6. The summed E-state index contributed by atoms with van der Waals surface area (Å²) in [6, 6.07) is 0. The first-order chi connectivity index (χ1) is 4.93. The number of amides is 1. The molecule has 10 heavy (non-hydrogen) atoms. The molecule has 51 valence electrons. The average molecular weight is 136 g/mol. The molecule has 1 rings (SSSR count). The van der Waals surface area contributed by atoms with E-state index in [1.54, 1.807) is 24.6 Å². The maximum Gasteiger partial charge on any atom is 0.316 e. The van der Waals surface area contributed by atoms with Gasteiger partial charge in [0, 0.05) is 12.4 Å². The highest BCUT2D eigenvalue weighted by Crippen LogP contribution is 1.82. The number of nitrogens with one attached hydrogen (secondary N) is 2. The standard InChI is InChI=1S/C6H6N3O/c10-5-9-6-7-3-1-2-4-8-6/h1-4H,(H2,7,8,9,10). The van der Waals surface area contributed by atoms with Crippen LogP contribution in [-0.2, 0) is 4.79 Å². The summed E-state index contributed by atoms with van der Waals surface area (Å²) in [7, 11) is 0. The molecule has 1 heterocycles. The lowest BCUT2D eigenvalue weighted by molar-refractivity contribution is 0.552. The molecule has 0 saturated carbocycles. The molecule has 1 aliphatic heterocycles. The van der Waals surface area contributed by atoms with Crippen LogP contribution in [0, 0.1) is 0 Å². The Morgan fingerprint density at radius 1 is 1.60 bits per heavy atom. The summed E-state index contributed by atoms with van der Waals surface area (Å²) in [6.45, 7) is 0. The summed E-state index contributed by atoms with van der Waals surface area (Å²) >= 11 is 0. The van der Waals surface area contributed by atoms with Gasteiger partial charge in [-0.2, -0.15) is 0 Å². The fourth-order valence-electron chi connectivity index (χ4n) is 0.504. The average Bonchev–Trinajstić information content (AvgIpc) is 2.17. The Hall–Kier alpha value is -1.58. The summed E-state index contributed by atoms with van der Waals surface area (Å²) in [6.07, 6.45) is 8.24. The minimum Gasteiger partial charge on any atom is -0.332 e. The highest BCUT2D eigenvalue weighted by molar-refractivity contribution is 5.90. The second-order valence-corrected chi connectivity index (χ2v) is 1.55. The van der Waals surface area contributed by atoms with Crippen molar-refractivity contribution >= 4 is 12.4 Å². The van der Waals surface area contributed by atoms with Crippen molar-refractivity contribution < 1.29 is 4.79 Å². The van der Waals surface area contributed by atoms with E-state index in [-0.39, 0.29) is 0 Å². The smallest absolute Gasteiger partial charge is 0.316 e. The Bertz CT molecular complexity index is 205. The molecular weight excluding hydrogens is 130 g/mol. The quantitative estimate of drug-likeness (QED) is 0.483. The highest BCUT2D eigenvalue weighted by Gasteiger charge is 1.91. The van der Waals surface area contributed by atoms with Gasteiger partial charge in [-0.05, 0) is 12.2 Å². The molecule has 0 fully saturated rings. The third-order valence-corrected chi connectivity index (χ3v) is 0.887. The van der Waals surface area contributed by atoms with Crippen molar-refractivity contribution in [1.29, 1.82) is 0 Å². The Morgan fingerprint density at radius 3 is 3.30 bits per heavy atom. The molecule has 1 radical (unpaired) electrons. The third-order valence-electron chi connectivity index (χ3n) is 0.887. The molecule has 1 aliphatic rings. The van der Waals surface area contributed by atoms with Crippen LogP contribution in [0.2, 0.25) is 0 Å². The van der Waals surface area contributed by atoms with Gasteiger partial charge < -0.3 is 5.32 Å². The topological polar surface area (TPSA) is 53.5 Å². The van der Waals surface area contributed by atoms with Crippen molar-refractivity contribution in [3.05, 3.63) is 24.6 Å². The molecule has 0 aromatic carbocycles. The molecule has 0 aliphatic carbocycles. The number of rotatable bonds is 1. The zero-order valence-corrected chi connectivity index (χ0v) is 5.16. The molecule has 1 amide bonds. The largest absolute Gasteiger partial charge is 0.332 e. The van der Waals surface area contributed by atoms with Crippen LogP contribution < -0.4 is 10.6 Å². The summed E-state index contributed by atoms with van der Waals surface area (Å²) in [5, 5.41) is 4.97. The predicted octanol–water partition coefficient (Wildman–Crippen LogP) is -0.370. The SMILES string of the molecule is O=[C]NC1=NC=CC=CN1. The van der Waals surface area contributed by atoms with Gasteiger partial charge in [0.15, 0.2) is 0 Å². The monoisotopic (exact) mass is 136 g/mol. The van der Waals surface area contributed by atoms with Crippen LogP contribution in [0.5, 0.6) is 0 Å². The van der Waals surface area contributed by atoms with Crippen LogP contribution >= 0.6 is 0 Å². The molecule has 0 atom stereocenters. The van der Waals surface area contributed by atoms with Crippen LogP contribution in [0.1, 0.15) is 0 Å². The van der Waals surface area contributed by atoms with Gasteiger partial charge in [-0.15, -0.1) is 0 Å². The van der Waals surface area contributed by atoms with E-state index in [1.807, 2.05) is 0 Å². The van der Waals surface area contributed by atoms with Crippen LogP contribution in [0.25, 0.3) is 0 Å². The number of carbonyl (C=O) groups excluding carboxylic acids is 1. The first-order valence-electron chi connectivity index (χ1n) is 2.72. The van der Waals surface area contributed by atoms with E-state index in [9.17, 15) is 4.79 Å². The van der Waals surface area contributed by atoms with Crippen LogP contribution in [-0.4, -0.2) is 12.4 Å². The predicted molar refractivity (Wildman–Crippen MR) is 37.7 cm³/mol. The van der Waals surface area contributed by atoms with E-state index < -0.39 is 0 Å². The minimum atomic E-state index is 0.375. The van der Waals surface area contributed by atoms with Crippen LogP contribution in [0.15, 0.2) is 29.5 Å². The van der Waals surface area contributed by atoms with Crippen molar-refractivity contribution in [2.24, 2.45) is 4.99 Å². The van der Waals surface area contributed by atoms with Crippen molar-refractivity contribution in [2.75, 3.05) is 0 Å². The Kier molecular flexibility index (Phi) is 2.25. The third kappa shape index (κ3) is 1.74. The first kappa shape index (κ1) is 6.54. The number of allylic oxidation sites excluding steroid dienone is 2. The minimum absolute atomic E-state index is 0.375. The molecular formula is C6H6N3O. The van der Waals surface area contributed by atoms with Gasteiger partial charge in [0.25, 0.3) is 0 Å². The molecule has 0 saturated heterocycles. The Labute approximate surface area is 58.3 Å². The summed E-state index contributed by atoms with van der Waals surface area (Å²) in [5.74, 6) is 0.375. The Balaban J connectivity index is 2.58. The zero-order chi connectivity index (χ0) is 7.23. The van der Waals surface area contributed by atoms with E-state index >= 15 is 0 Å². The number of aliphatic imine (C=N–C) groups is 1. The van der Waals surface area contributed by atoms with Gasteiger partial charge in [-0.3, -0.25) is 10.1 Å². The Morgan fingerprint density at radius 2 is 2.50 bits per heavy atom. The molecule has 0 aromatic heterocycles. The zero-order valence-electron chi connectivity index (χ0n) is 5.16. The summed E-state index contributed by atoms with van der Waals surface area (Å²) < 4.78 is 0. The molecule has 0 aromatic rings. The van der Waals surface area contributed by atoms with Gasteiger partial charge in [0.1, 0.15) is 0 Å². The van der Waals surface area contributed by atoms with E-state index in [1.165, 1.54) is 6.41 Å². The van der Waals surface area contributed by atoms with Gasteiger partial charge >= 0.3 is 6.41 Å². The van der Waals surface area contributed by atoms with Gasteiger partial charge in [0.05, 0.1) is 0 Å². The first-order valence-corrected chi connectivity index (χ1v) is 2.72. The van der Waals surface area contributed by atoms with Crippen molar-refractivity contribution in [3.63, 3.8) is 0 Å². The molecule has 0 spiro atoms. The van der Waals surface area contributed by atoms with Crippen molar-refractivity contribution in [3.8, 4) is 0 Å².